The van der Waals surface area contributed by atoms with Crippen LogP contribution in [0.4, 0.5) is 16.5 Å². The Hall–Kier alpha value is -3.57. The number of hydrogen-bond acceptors (Lipinski definition) is 8. The van der Waals surface area contributed by atoms with E-state index in [0.29, 0.717) is 30.3 Å². The van der Waals surface area contributed by atoms with Crippen LogP contribution in [0.15, 0.2) is 47.1 Å². The van der Waals surface area contributed by atoms with Crippen molar-refractivity contribution in [2.45, 2.75) is 13.0 Å². The van der Waals surface area contributed by atoms with Gasteiger partial charge >= 0.3 is 0 Å². The molecule has 0 bridgehead atoms. The van der Waals surface area contributed by atoms with Gasteiger partial charge in [0.2, 0.25) is 5.91 Å². The molecule has 11 heteroatoms. The van der Waals surface area contributed by atoms with Crippen molar-refractivity contribution in [1.29, 1.82) is 0 Å². The molecule has 30 heavy (non-hydrogen) atoms. The fraction of sp³-hybridized carbons (Fsp3) is 0.211. The number of carbonyl (C=O) groups is 2. The molecule has 2 aromatic heterocycles. The molecule has 3 heterocycles. The Bertz CT molecular complexity index is 1090. The van der Waals surface area contributed by atoms with Crippen LogP contribution in [-0.2, 0) is 17.8 Å². The standard InChI is InChI=1S/C19H17N5O5S/c25-17(20-12-3-1-4-13(9-12)24(27)28)11-23-7-6-14-16(10-23)30-19(21-14)22-18(26)15-5-2-8-29-15/h1-5,8-9H,6-7,10-11H2,(H,20,25)(H,21,22,26). The summed E-state index contributed by atoms with van der Waals surface area (Å²) in [5, 5.41) is 16.8. The first-order valence-electron chi connectivity index (χ1n) is 9.08. The fourth-order valence-electron chi connectivity index (χ4n) is 3.10. The first kappa shape index (κ1) is 19.7. The number of anilines is 2. The van der Waals surface area contributed by atoms with Gasteiger partial charge in [0.25, 0.3) is 11.6 Å². The minimum absolute atomic E-state index is 0.0794. The van der Waals surface area contributed by atoms with Crippen molar-refractivity contribution in [3.63, 3.8) is 0 Å². The lowest BCUT2D eigenvalue weighted by atomic mass is 10.2. The number of aromatic nitrogens is 1. The minimum Gasteiger partial charge on any atom is -0.459 e. The molecule has 4 rings (SSSR count). The third kappa shape index (κ3) is 4.53. The van der Waals surface area contributed by atoms with Crippen LogP contribution >= 0.6 is 11.3 Å². The lowest BCUT2D eigenvalue weighted by Crippen LogP contribution is -2.36. The predicted molar refractivity (Wildman–Crippen MR) is 109 cm³/mol. The molecule has 2 amide bonds. The molecule has 0 unspecified atom stereocenters. The van der Waals surface area contributed by atoms with E-state index in [1.54, 1.807) is 18.2 Å². The molecule has 0 fully saturated rings. The topological polar surface area (TPSA) is 131 Å². The van der Waals surface area contributed by atoms with Crippen LogP contribution in [-0.4, -0.2) is 39.7 Å². The predicted octanol–water partition coefficient (Wildman–Crippen LogP) is 2.89. The number of furan rings is 1. The van der Waals surface area contributed by atoms with Crippen LogP contribution in [0.1, 0.15) is 21.1 Å². The second-order valence-corrected chi connectivity index (χ2v) is 7.72. The lowest BCUT2D eigenvalue weighted by Gasteiger charge is -2.25. The maximum Gasteiger partial charge on any atom is 0.293 e. The maximum atomic E-state index is 12.4. The van der Waals surface area contributed by atoms with E-state index >= 15 is 0 Å². The third-order valence-electron chi connectivity index (χ3n) is 4.48. The second kappa shape index (κ2) is 8.43. The number of nitrogens with zero attached hydrogens (tertiary/aromatic N) is 3. The van der Waals surface area contributed by atoms with Gasteiger partial charge in [-0.1, -0.05) is 6.07 Å². The highest BCUT2D eigenvalue weighted by atomic mass is 32.1. The van der Waals surface area contributed by atoms with Gasteiger partial charge in [0.15, 0.2) is 10.9 Å². The number of amides is 2. The third-order valence-corrected chi connectivity index (χ3v) is 5.48. The SMILES string of the molecule is O=C(CN1CCc2nc(NC(=O)c3ccco3)sc2C1)Nc1cccc([N+](=O)[O-])c1. The van der Waals surface area contributed by atoms with E-state index < -0.39 is 4.92 Å². The summed E-state index contributed by atoms with van der Waals surface area (Å²) < 4.78 is 5.07. The van der Waals surface area contributed by atoms with Gasteiger partial charge in [-0.2, -0.15) is 0 Å². The molecule has 0 saturated carbocycles. The van der Waals surface area contributed by atoms with Crippen molar-refractivity contribution >= 4 is 39.7 Å². The highest BCUT2D eigenvalue weighted by Crippen LogP contribution is 2.28. The number of rotatable bonds is 6. The molecule has 1 aliphatic rings. The van der Waals surface area contributed by atoms with Gasteiger partial charge in [0.1, 0.15) is 0 Å². The van der Waals surface area contributed by atoms with Crippen LogP contribution in [0, 0.1) is 10.1 Å². The smallest absolute Gasteiger partial charge is 0.293 e. The Labute approximate surface area is 174 Å². The van der Waals surface area contributed by atoms with Gasteiger partial charge in [-0.25, -0.2) is 4.98 Å². The number of nitrogens with one attached hydrogen (secondary N) is 2. The maximum absolute atomic E-state index is 12.4. The summed E-state index contributed by atoms with van der Waals surface area (Å²) in [5.74, 6) is -0.406. The summed E-state index contributed by atoms with van der Waals surface area (Å²) in [6, 6.07) is 9.04. The van der Waals surface area contributed by atoms with Gasteiger partial charge < -0.3 is 9.73 Å². The van der Waals surface area contributed by atoms with Crippen molar-refractivity contribution in [2.24, 2.45) is 0 Å². The lowest BCUT2D eigenvalue weighted by molar-refractivity contribution is -0.384. The van der Waals surface area contributed by atoms with Crippen molar-refractivity contribution < 1.29 is 18.9 Å². The van der Waals surface area contributed by atoms with Crippen LogP contribution in [0.3, 0.4) is 0 Å². The molecule has 0 spiro atoms. The molecule has 0 saturated heterocycles. The van der Waals surface area contributed by atoms with Crippen LogP contribution in [0.2, 0.25) is 0 Å². The van der Waals surface area contributed by atoms with Crippen molar-refractivity contribution in [2.75, 3.05) is 23.7 Å². The Morgan fingerprint density at radius 1 is 1.27 bits per heavy atom. The quantitative estimate of drug-likeness (QED) is 0.457. The number of hydrogen-bond donors (Lipinski definition) is 2. The first-order chi connectivity index (χ1) is 14.5. The van der Waals surface area contributed by atoms with Gasteiger partial charge in [0, 0.05) is 42.2 Å². The molecular formula is C19H17N5O5S. The summed E-state index contributed by atoms with van der Waals surface area (Å²) >= 11 is 1.37. The molecule has 1 aliphatic heterocycles. The number of non-ortho nitro benzene ring substituents is 1. The molecule has 0 atom stereocenters. The van der Waals surface area contributed by atoms with E-state index in [4.69, 9.17) is 4.42 Å². The summed E-state index contributed by atoms with van der Waals surface area (Å²) in [6.45, 7) is 1.32. The number of thiazole rings is 1. The highest BCUT2D eigenvalue weighted by molar-refractivity contribution is 7.15. The van der Waals surface area contributed by atoms with E-state index in [-0.39, 0.29) is 29.8 Å². The van der Waals surface area contributed by atoms with Crippen molar-refractivity contribution in [3.8, 4) is 0 Å². The zero-order valence-corrected chi connectivity index (χ0v) is 16.5. The van der Waals surface area contributed by atoms with E-state index in [9.17, 15) is 19.7 Å². The average molecular weight is 427 g/mol. The van der Waals surface area contributed by atoms with Gasteiger partial charge in [-0.15, -0.1) is 11.3 Å². The van der Waals surface area contributed by atoms with E-state index in [2.05, 4.69) is 15.6 Å². The Morgan fingerprint density at radius 3 is 2.90 bits per heavy atom. The van der Waals surface area contributed by atoms with Crippen LogP contribution in [0.25, 0.3) is 0 Å². The molecule has 10 nitrogen and oxygen atoms in total. The Morgan fingerprint density at radius 2 is 2.13 bits per heavy atom. The Kier molecular flexibility index (Phi) is 5.55. The summed E-state index contributed by atoms with van der Waals surface area (Å²) in [4.78, 5) is 42.2. The molecule has 0 radical (unpaired) electrons. The molecule has 3 aromatic rings. The van der Waals surface area contributed by atoms with E-state index in [1.165, 1.54) is 35.8 Å². The first-order valence-corrected chi connectivity index (χ1v) is 9.89. The van der Waals surface area contributed by atoms with E-state index in [1.807, 2.05) is 4.90 Å². The zero-order valence-electron chi connectivity index (χ0n) is 15.7. The van der Waals surface area contributed by atoms with Gasteiger partial charge in [-0.3, -0.25) is 29.9 Å². The Balaban J connectivity index is 1.34. The molecule has 1 aromatic carbocycles. The van der Waals surface area contributed by atoms with Crippen LogP contribution in [0.5, 0.6) is 0 Å². The van der Waals surface area contributed by atoms with Crippen molar-refractivity contribution in [3.05, 3.63) is 69.1 Å². The van der Waals surface area contributed by atoms with Crippen molar-refractivity contribution in [1.82, 2.24) is 9.88 Å². The normalized spacial score (nSPS) is 13.5. The molecule has 2 N–H and O–H groups in total. The van der Waals surface area contributed by atoms with Gasteiger partial charge in [-0.05, 0) is 18.2 Å². The number of fused-ring (bicyclic) bond motifs is 1. The number of nitro benzene ring substituents is 1. The number of benzene rings is 1. The largest absolute Gasteiger partial charge is 0.459 e. The second-order valence-electron chi connectivity index (χ2n) is 6.64. The van der Waals surface area contributed by atoms with E-state index in [0.717, 1.165) is 10.6 Å². The molecular weight excluding hydrogens is 410 g/mol. The minimum atomic E-state index is -0.506. The monoisotopic (exact) mass is 427 g/mol. The summed E-state index contributed by atoms with van der Waals surface area (Å²) in [6.07, 6.45) is 2.09. The van der Waals surface area contributed by atoms with Gasteiger partial charge in [0.05, 0.1) is 23.4 Å². The van der Waals surface area contributed by atoms with Crippen LogP contribution < -0.4 is 10.6 Å². The molecule has 154 valence electrons. The zero-order chi connectivity index (χ0) is 21.1. The average Bonchev–Trinajstić information content (AvgIpc) is 3.37. The fourth-order valence-corrected chi connectivity index (χ4v) is 4.15. The molecule has 0 aliphatic carbocycles. The highest BCUT2D eigenvalue weighted by Gasteiger charge is 2.23. The summed E-state index contributed by atoms with van der Waals surface area (Å²) in [5.41, 5.74) is 1.21. The number of nitro groups is 1. The summed E-state index contributed by atoms with van der Waals surface area (Å²) in [7, 11) is 0. The number of carbonyl (C=O) groups excluding carboxylic acids is 2.